The van der Waals surface area contributed by atoms with E-state index in [1.165, 1.54) is 0 Å². The van der Waals surface area contributed by atoms with Crippen LogP contribution in [0.4, 0.5) is 0 Å². The number of rotatable bonds is 9. The maximum atomic E-state index is 5.50. The summed E-state index contributed by atoms with van der Waals surface area (Å²) in [6.45, 7) is 6.08. The second-order valence-electron chi connectivity index (χ2n) is 3.73. The summed E-state index contributed by atoms with van der Waals surface area (Å²) in [4.78, 5) is 0. The predicted molar refractivity (Wildman–Crippen MR) is 60.7 cm³/mol. The second-order valence-corrected chi connectivity index (χ2v) is 3.73. The van der Waals surface area contributed by atoms with E-state index in [4.69, 9.17) is 18.9 Å². The molecule has 5 nitrogen and oxygen atoms in total. The summed E-state index contributed by atoms with van der Waals surface area (Å²) in [6.07, 6.45) is 1.22. The summed E-state index contributed by atoms with van der Waals surface area (Å²) < 4.78 is 21.0. The van der Waals surface area contributed by atoms with Crippen LogP contribution < -0.4 is 5.32 Å². The van der Waals surface area contributed by atoms with Gasteiger partial charge in [0.15, 0.2) is 0 Å². The van der Waals surface area contributed by atoms with E-state index in [0.29, 0.717) is 26.4 Å². The van der Waals surface area contributed by atoms with Gasteiger partial charge in [-0.2, -0.15) is 0 Å². The van der Waals surface area contributed by atoms with Crippen LogP contribution in [0.15, 0.2) is 0 Å². The third kappa shape index (κ3) is 7.14. The SMILES string of the molecule is COCCOCCCNCC1COCCO1. The van der Waals surface area contributed by atoms with Crippen molar-refractivity contribution in [2.75, 3.05) is 59.8 Å². The Balaban J connectivity index is 1.77. The monoisotopic (exact) mass is 233 g/mol. The Bertz CT molecular complexity index is 151. The zero-order chi connectivity index (χ0) is 11.5. The Hall–Kier alpha value is -0.200. The minimum Gasteiger partial charge on any atom is -0.382 e. The predicted octanol–water partition coefficient (Wildman–Crippen LogP) is 0.0445. The first-order valence-corrected chi connectivity index (χ1v) is 5.90. The molecule has 16 heavy (non-hydrogen) atoms. The van der Waals surface area contributed by atoms with Gasteiger partial charge in [0.1, 0.15) is 0 Å². The summed E-state index contributed by atoms with van der Waals surface area (Å²) >= 11 is 0. The van der Waals surface area contributed by atoms with Gasteiger partial charge in [-0.05, 0) is 13.0 Å². The average Bonchev–Trinajstić information content (AvgIpc) is 2.34. The Morgan fingerprint density at radius 2 is 2.19 bits per heavy atom. The molecule has 0 radical (unpaired) electrons. The number of nitrogens with one attached hydrogen (secondary N) is 1. The first kappa shape index (κ1) is 13.9. The Morgan fingerprint density at radius 1 is 1.25 bits per heavy atom. The molecule has 0 spiro atoms. The number of ether oxygens (including phenoxy) is 4. The van der Waals surface area contributed by atoms with Gasteiger partial charge in [0, 0.05) is 20.3 Å². The van der Waals surface area contributed by atoms with E-state index >= 15 is 0 Å². The first-order chi connectivity index (χ1) is 7.93. The average molecular weight is 233 g/mol. The van der Waals surface area contributed by atoms with E-state index in [1.54, 1.807) is 7.11 Å². The van der Waals surface area contributed by atoms with Crippen molar-refractivity contribution in [2.24, 2.45) is 0 Å². The van der Waals surface area contributed by atoms with Gasteiger partial charge in [-0.25, -0.2) is 0 Å². The quantitative estimate of drug-likeness (QED) is 0.570. The first-order valence-electron chi connectivity index (χ1n) is 5.90. The van der Waals surface area contributed by atoms with E-state index in [2.05, 4.69) is 5.32 Å². The summed E-state index contributed by atoms with van der Waals surface area (Å²) in [5.74, 6) is 0. The van der Waals surface area contributed by atoms with Crippen LogP contribution in [-0.4, -0.2) is 65.9 Å². The molecule has 0 aromatic heterocycles. The lowest BCUT2D eigenvalue weighted by molar-refractivity contribution is -0.0863. The van der Waals surface area contributed by atoms with Gasteiger partial charge in [0.05, 0.1) is 39.1 Å². The van der Waals surface area contributed by atoms with Gasteiger partial charge < -0.3 is 24.3 Å². The molecule has 96 valence electrons. The lowest BCUT2D eigenvalue weighted by Gasteiger charge is -2.23. The highest BCUT2D eigenvalue weighted by Crippen LogP contribution is 1.98. The Kier molecular flexibility index (Phi) is 8.65. The van der Waals surface area contributed by atoms with Gasteiger partial charge in [0.25, 0.3) is 0 Å². The number of hydrogen-bond acceptors (Lipinski definition) is 5. The summed E-state index contributed by atoms with van der Waals surface area (Å²) in [6, 6.07) is 0. The van der Waals surface area contributed by atoms with E-state index in [-0.39, 0.29) is 6.10 Å². The van der Waals surface area contributed by atoms with Crippen LogP contribution in [0.25, 0.3) is 0 Å². The second kappa shape index (κ2) is 9.99. The van der Waals surface area contributed by atoms with Crippen LogP contribution in [0.1, 0.15) is 6.42 Å². The van der Waals surface area contributed by atoms with Gasteiger partial charge in [-0.1, -0.05) is 0 Å². The minimum absolute atomic E-state index is 0.211. The molecule has 0 aliphatic carbocycles. The number of methoxy groups -OCH3 is 1. The molecule has 1 saturated heterocycles. The van der Waals surface area contributed by atoms with Crippen molar-refractivity contribution in [1.29, 1.82) is 0 Å². The molecule has 1 atom stereocenters. The lowest BCUT2D eigenvalue weighted by atomic mass is 10.3. The fourth-order valence-electron chi connectivity index (χ4n) is 1.46. The highest BCUT2D eigenvalue weighted by atomic mass is 16.6. The lowest BCUT2D eigenvalue weighted by Crippen LogP contribution is -2.37. The summed E-state index contributed by atoms with van der Waals surface area (Å²) in [5, 5.41) is 3.33. The van der Waals surface area contributed by atoms with Crippen LogP contribution >= 0.6 is 0 Å². The van der Waals surface area contributed by atoms with Crippen molar-refractivity contribution in [3.63, 3.8) is 0 Å². The summed E-state index contributed by atoms with van der Waals surface area (Å²) in [5.41, 5.74) is 0. The fourth-order valence-corrected chi connectivity index (χ4v) is 1.46. The van der Waals surface area contributed by atoms with Crippen molar-refractivity contribution in [3.05, 3.63) is 0 Å². The third-order valence-corrected chi connectivity index (χ3v) is 2.33. The van der Waals surface area contributed by atoms with E-state index in [1.807, 2.05) is 0 Å². The zero-order valence-electron chi connectivity index (χ0n) is 10.1. The van der Waals surface area contributed by atoms with Crippen molar-refractivity contribution in [1.82, 2.24) is 5.32 Å². The number of hydrogen-bond donors (Lipinski definition) is 1. The molecular weight excluding hydrogens is 210 g/mol. The molecule has 0 amide bonds. The molecule has 1 aliphatic heterocycles. The van der Waals surface area contributed by atoms with Gasteiger partial charge in [-0.15, -0.1) is 0 Å². The highest BCUT2D eigenvalue weighted by Gasteiger charge is 2.12. The molecule has 5 heteroatoms. The minimum atomic E-state index is 0.211. The van der Waals surface area contributed by atoms with Crippen molar-refractivity contribution >= 4 is 0 Å². The van der Waals surface area contributed by atoms with Crippen molar-refractivity contribution < 1.29 is 18.9 Å². The summed E-state index contributed by atoms with van der Waals surface area (Å²) in [7, 11) is 1.68. The molecule has 0 aromatic rings. The van der Waals surface area contributed by atoms with Crippen molar-refractivity contribution in [2.45, 2.75) is 12.5 Å². The molecule has 0 saturated carbocycles. The third-order valence-electron chi connectivity index (χ3n) is 2.33. The Morgan fingerprint density at radius 3 is 2.94 bits per heavy atom. The van der Waals surface area contributed by atoms with E-state index < -0.39 is 0 Å². The van der Waals surface area contributed by atoms with Gasteiger partial charge in [-0.3, -0.25) is 0 Å². The zero-order valence-corrected chi connectivity index (χ0v) is 10.1. The standard InChI is InChI=1S/C11H23NO4/c1-13-5-6-14-4-2-3-12-9-11-10-15-7-8-16-11/h11-12H,2-10H2,1H3. The molecule has 1 fully saturated rings. The van der Waals surface area contributed by atoms with Crippen molar-refractivity contribution in [3.8, 4) is 0 Å². The van der Waals surface area contributed by atoms with Crippen LogP contribution in [0, 0.1) is 0 Å². The smallest absolute Gasteiger partial charge is 0.0933 e. The van der Waals surface area contributed by atoms with Gasteiger partial charge in [0.2, 0.25) is 0 Å². The normalized spacial score (nSPS) is 21.2. The fraction of sp³-hybridized carbons (Fsp3) is 1.00. The maximum absolute atomic E-state index is 5.50. The molecule has 1 heterocycles. The van der Waals surface area contributed by atoms with Gasteiger partial charge >= 0.3 is 0 Å². The molecule has 1 N–H and O–H groups in total. The molecule has 0 aromatic carbocycles. The molecular formula is C11H23NO4. The molecule has 1 aliphatic rings. The van der Waals surface area contributed by atoms with E-state index in [9.17, 15) is 0 Å². The van der Waals surface area contributed by atoms with Crippen LogP contribution in [0.2, 0.25) is 0 Å². The maximum Gasteiger partial charge on any atom is 0.0933 e. The van der Waals surface area contributed by atoms with Crippen LogP contribution in [0.5, 0.6) is 0 Å². The molecule has 0 bridgehead atoms. The van der Waals surface area contributed by atoms with Crippen LogP contribution in [-0.2, 0) is 18.9 Å². The highest BCUT2D eigenvalue weighted by molar-refractivity contribution is 4.63. The Labute approximate surface area is 97.4 Å². The largest absolute Gasteiger partial charge is 0.382 e. The molecule has 1 rings (SSSR count). The topological polar surface area (TPSA) is 49.0 Å². The van der Waals surface area contributed by atoms with E-state index in [0.717, 1.165) is 32.7 Å². The van der Waals surface area contributed by atoms with Crippen LogP contribution in [0.3, 0.4) is 0 Å². The molecule has 1 unspecified atom stereocenters.